The first-order valence-corrected chi connectivity index (χ1v) is 12.3. The fourth-order valence-electron chi connectivity index (χ4n) is 4.05. The third-order valence-electron chi connectivity index (χ3n) is 5.95. The number of carbonyl (C=O) groups is 2. The minimum Gasteiger partial charge on any atom is -0.354 e. The van der Waals surface area contributed by atoms with Crippen LogP contribution in [0.2, 0.25) is 0 Å². The maximum atomic E-state index is 13.4. The first-order chi connectivity index (χ1) is 18.7. The van der Waals surface area contributed by atoms with Gasteiger partial charge in [-0.25, -0.2) is 9.97 Å². The summed E-state index contributed by atoms with van der Waals surface area (Å²) in [6, 6.07) is 5.18. The van der Waals surface area contributed by atoms with E-state index in [-0.39, 0.29) is 29.6 Å². The summed E-state index contributed by atoms with van der Waals surface area (Å²) < 4.78 is 41.6. The molecule has 0 aliphatic heterocycles. The summed E-state index contributed by atoms with van der Waals surface area (Å²) in [5.41, 5.74) is 6.63. The number of aryl methyl sites for hydroxylation is 1. The number of nitrogens with one attached hydrogen (secondary N) is 4. The molecule has 6 N–H and O–H groups in total. The van der Waals surface area contributed by atoms with Gasteiger partial charge in [0.1, 0.15) is 0 Å². The summed E-state index contributed by atoms with van der Waals surface area (Å²) in [5, 5.41) is 14.3. The molecule has 3 heterocycles. The van der Waals surface area contributed by atoms with Crippen LogP contribution < -0.4 is 21.7 Å². The topological polar surface area (TPSA) is 155 Å². The van der Waals surface area contributed by atoms with Crippen molar-refractivity contribution in [1.29, 1.82) is 0 Å². The molecule has 0 atom stereocenters. The maximum absolute atomic E-state index is 13.4. The summed E-state index contributed by atoms with van der Waals surface area (Å²) in [6.07, 6.45) is 2.36. The molecule has 0 aliphatic rings. The fourth-order valence-corrected chi connectivity index (χ4v) is 4.05. The van der Waals surface area contributed by atoms with Crippen molar-refractivity contribution in [3.05, 3.63) is 59.8 Å². The largest absolute Gasteiger partial charge is 0.435 e. The highest BCUT2D eigenvalue weighted by atomic mass is 19.4. The Hall–Kier alpha value is -4.46. The molecular formula is C25H28F3N9O2. The highest BCUT2D eigenvalue weighted by Crippen LogP contribution is 2.36. The van der Waals surface area contributed by atoms with Crippen molar-refractivity contribution in [2.45, 2.75) is 32.4 Å². The zero-order valence-corrected chi connectivity index (χ0v) is 21.1. The number of benzene rings is 1. The number of nitrogens with two attached hydrogens (primary N) is 1. The van der Waals surface area contributed by atoms with Gasteiger partial charge in [0.2, 0.25) is 5.91 Å². The van der Waals surface area contributed by atoms with Gasteiger partial charge in [0.25, 0.3) is 5.91 Å². The summed E-state index contributed by atoms with van der Waals surface area (Å²) >= 11 is 0. The van der Waals surface area contributed by atoms with E-state index in [1.807, 2.05) is 6.92 Å². The van der Waals surface area contributed by atoms with Crippen molar-refractivity contribution in [1.82, 2.24) is 35.2 Å². The van der Waals surface area contributed by atoms with Gasteiger partial charge in [-0.2, -0.15) is 18.3 Å². The average molecular weight is 544 g/mol. The second kappa shape index (κ2) is 11.9. The molecule has 0 radical (unpaired) electrons. The maximum Gasteiger partial charge on any atom is 0.435 e. The van der Waals surface area contributed by atoms with Crippen molar-refractivity contribution < 1.29 is 22.8 Å². The zero-order chi connectivity index (χ0) is 28.0. The monoisotopic (exact) mass is 543 g/mol. The van der Waals surface area contributed by atoms with Crippen LogP contribution in [0.1, 0.15) is 41.4 Å². The van der Waals surface area contributed by atoms with Gasteiger partial charge in [0.15, 0.2) is 17.2 Å². The number of anilines is 2. The Balaban J connectivity index is 1.48. The quantitative estimate of drug-likeness (QED) is 0.182. The molecule has 0 fully saturated rings. The van der Waals surface area contributed by atoms with Crippen LogP contribution in [-0.2, 0) is 17.4 Å². The number of hydrogen-bond acceptors (Lipinski definition) is 7. The van der Waals surface area contributed by atoms with E-state index in [0.717, 1.165) is 5.56 Å². The summed E-state index contributed by atoms with van der Waals surface area (Å²) in [6.45, 7) is 2.94. The van der Waals surface area contributed by atoms with E-state index < -0.39 is 11.9 Å². The van der Waals surface area contributed by atoms with Crippen LogP contribution in [0.3, 0.4) is 0 Å². The Kier molecular flexibility index (Phi) is 8.44. The van der Waals surface area contributed by atoms with Crippen LogP contribution in [0.15, 0.2) is 43.0 Å². The highest BCUT2D eigenvalue weighted by Gasteiger charge is 2.37. The predicted octanol–water partition coefficient (Wildman–Crippen LogP) is 3.03. The molecule has 1 aromatic carbocycles. The fraction of sp³-hybridized carbons (Fsp3) is 0.320. The Morgan fingerprint density at radius 1 is 1.15 bits per heavy atom. The van der Waals surface area contributed by atoms with Crippen molar-refractivity contribution in [3.63, 3.8) is 0 Å². The molecule has 14 heteroatoms. The Morgan fingerprint density at radius 2 is 1.95 bits per heavy atom. The van der Waals surface area contributed by atoms with Crippen LogP contribution in [0.25, 0.3) is 16.9 Å². The van der Waals surface area contributed by atoms with Gasteiger partial charge < -0.3 is 21.7 Å². The average Bonchev–Trinajstić information content (AvgIpc) is 3.57. The minimum atomic E-state index is -4.63. The van der Waals surface area contributed by atoms with Gasteiger partial charge in [0.05, 0.1) is 17.5 Å². The summed E-state index contributed by atoms with van der Waals surface area (Å²) in [7, 11) is 0. The summed E-state index contributed by atoms with van der Waals surface area (Å²) in [5.74, 6) is -0.0584. The molecule has 4 rings (SSSR count). The van der Waals surface area contributed by atoms with Crippen molar-refractivity contribution in [3.8, 4) is 11.3 Å². The Morgan fingerprint density at radius 3 is 2.69 bits per heavy atom. The van der Waals surface area contributed by atoms with Crippen LogP contribution in [0, 0.1) is 0 Å². The third-order valence-corrected chi connectivity index (χ3v) is 5.95. The smallest absolute Gasteiger partial charge is 0.354 e. The number of alkyl halides is 3. The van der Waals surface area contributed by atoms with Crippen LogP contribution >= 0.6 is 0 Å². The number of aromatic nitrogens is 5. The number of fused-ring (bicyclic) bond motifs is 1. The second-order valence-corrected chi connectivity index (χ2v) is 8.61. The molecule has 2 amide bonds. The number of carbonyl (C=O) groups excluding carboxylic acids is 2. The molecule has 0 spiro atoms. The van der Waals surface area contributed by atoms with E-state index in [1.54, 1.807) is 18.2 Å². The molecule has 39 heavy (non-hydrogen) atoms. The van der Waals surface area contributed by atoms with Gasteiger partial charge >= 0.3 is 6.18 Å². The van der Waals surface area contributed by atoms with E-state index in [2.05, 4.69) is 36.1 Å². The number of rotatable bonds is 11. The molecule has 0 unspecified atom stereocenters. The molecular weight excluding hydrogens is 515 g/mol. The third kappa shape index (κ3) is 6.34. The number of amides is 2. The molecule has 3 aromatic heterocycles. The van der Waals surface area contributed by atoms with E-state index in [0.29, 0.717) is 55.1 Å². The Bertz CT molecular complexity index is 1460. The first-order valence-electron chi connectivity index (χ1n) is 12.3. The SMILES string of the molecule is CCc1cc(Nc2nccn3c(-c4c[nH]nc4C(F)(F)F)cnc23)ccc1C(=O)NCCNC(=O)CCCN. The number of aromatic amines is 1. The molecule has 0 saturated carbocycles. The Labute approximate surface area is 221 Å². The summed E-state index contributed by atoms with van der Waals surface area (Å²) in [4.78, 5) is 33.0. The molecule has 206 valence electrons. The van der Waals surface area contributed by atoms with Gasteiger partial charge in [-0.05, 0) is 43.1 Å². The standard InChI is InChI=1S/C25H28F3N9O2/c1-2-15-12-16(5-6-17(15)24(39)32-9-8-30-20(38)4-3-7-29)35-22-23-33-14-19(37(23)11-10-31-22)18-13-34-36-21(18)25(26,27)28/h5-6,10-14H,2-4,7-9,29H2,1H3,(H,30,38)(H,31,35)(H,32,39)(H,34,36). The van der Waals surface area contributed by atoms with Crippen molar-refractivity contribution >= 4 is 29.0 Å². The lowest BCUT2D eigenvalue weighted by Gasteiger charge is -2.13. The molecule has 4 aromatic rings. The lowest BCUT2D eigenvalue weighted by Crippen LogP contribution is -2.35. The van der Waals surface area contributed by atoms with Gasteiger partial charge in [0, 0.05) is 49.4 Å². The normalized spacial score (nSPS) is 11.5. The van der Waals surface area contributed by atoms with Gasteiger partial charge in [-0.15, -0.1) is 0 Å². The first kappa shape index (κ1) is 27.6. The number of H-pyrrole nitrogens is 1. The molecule has 0 aliphatic carbocycles. The molecule has 0 bridgehead atoms. The van der Waals surface area contributed by atoms with E-state index in [4.69, 9.17) is 5.73 Å². The van der Waals surface area contributed by atoms with E-state index >= 15 is 0 Å². The zero-order valence-electron chi connectivity index (χ0n) is 21.1. The van der Waals surface area contributed by atoms with E-state index in [1.165, 1.54) is 29.2 Å². The number of imidazole rings is 1. The van der Waals surface area contributed by atoms with Crippen LogP contribution in [0.5, 0.6) is 0 Å². The predicted molar refractivity (Wildman–Crippen MR) is 138 cm³/mol. The van der Waals surface area contributed by atoms with Crippen LogP contribution in [0.4, 0.5) is 24.7 Å². The lowest BCUT2D eigenvalue weighted by atomic mass is 10.0. The lowest BCUT2D eigenvalue weighted by molar-refractivity contribution is -0.140. The highest BCUT2D eigenvalue weighted by molar-refractivity contribution is 5.96. The van der Waals surface area contributed by atoms with Gasteiger partial charge in [-0.3, -0.25) is 19.1 Å². The van der Waals surface area contributed by atoms with Crippen LogP contribution in [-0.4, -0.2) is 56.0 Å². The van der Waals surface area contributed by atoms with Crippen molar-refractivity contribution in [2.75, 3.05) is 25.0 Å². The second-order valence-electron chi connectivity index (χ2n) is 8.61. The molecule has 0 saturated heterocycles. The number of halogens is 3. The number of nitrogens with zero attached hydrogens (tertiary/aromatic N) is 4. The number of hydrogen-bond donors (Lipinski definition) is 5. The molecule has 11 nitrogen and oxygen atoms in total. The van der Waals surface area contributed by atoms with Gasteiger partial charge in [-0.1, -0.05) is 6.92 Å². The van der Waals surface area contributed by atoms with Crippen molar-refractivity contribution in [2.24, 2.45) is 5.73 Å². The minimum absolute atomic E-state index is 0.113. The van der Waals surface area contributed by atoms with E-state index in [9.17, 15) is 22.8 Å².